The third kappa shape index (κ3) is 2.11. The summed E-state index contributed by atoms with van der Waals surface area (Å²) in [5.74, 6) is 1.39. The number of rotatable bonds is 3. The van der Waals surface area contributed by atoms with Crippen molar-refractivity contribution in [3.63, 3.8) is 0 Å². The van der Waals surface area contributed by atoms with Gasteiger partial charge in [-0.25, -0.2) is 0 Å². The standard InChI is InChI=1S/C12H16ClNO/c1-15-9-5-6-10(11(13)7-9)12(14)8-3-2-4-8/h5-8,12H,2-4,14H2,1H3. The molecule has 2 rings (SSSR count). The molecule has 0 aromatic heterocycles. The van der Waals surface area contributed by atoms with Gasteiger partial charge in [0.05, 0.1) is 7.11 Å². The summed E-state index contributed by atoms with van der Waals surface area (Å²) in [6, 6.07) is 5.80. The van der Waals surface area contributed by atoms with E-state index in [9.17, 15) is 0 Å². The number of hydrogen-bond donors (Lipinski definition) is 1. The summed E-state index contributed by atoms with van der Waals surface area (Å²) >= 11 is 6.17. The molecule has 0 radical (unpaired) electrons. The highest BCUT2D eigenvalue weighted by molar-refractivity contribution is 6.31. The van der Waals surface area contributed by atoms with Gasteiger partial charge in [0, 0.05) is 11.1 Å². The van der Waals surface area contributed by atoms with Gasteiger partial charge in [-0.05, 0) is 36.5 Å². The number of hydrogen-bond acceptors (Lipinski definition) is 2. The van der Waals surface area contributed by atoms with E-state index in [1.54, 1.807) is 7.11 Å². The highest BCUT2D eigenvalue weighted by Crippen LogP contribution is 2.39. The van der Waals surface area contributed by atoms with Crippen LogP contribution >= 0.6 is 11.6 Å². The maximum absolute atomic E-state index is 6.17. The molecule has 1 aliphatic carbocycles. The van der Waals surface area contributed by atoms with Crippen molar-refractivity contribution in [2.24, 2.45) is 11.7 Å². The fourth-order valence-corrected chi connectivity index (χ4v) is 2.25. The van der Waals surface area contributed by atoms with Gasteiger partial charge in [0.1, 0.15) is 5.75 Å². The predicted molar refractivity (Wildman–Crippen MR) is 62.3 cm³/mol. The first-order valence-corrected chi connectivity index (χ1v) is 5.69. The van der Waals surface area contributed by atoms with Gasteiger partial charge in [0.2, 0.25) is 0 Å². The molecule has 0 heterocycles. The number of methoxy groups -OCH3 is 1. The molecule has 1 aliphatic rings. The molecule has 3 heteroatoms. The smallest absolute Gasteiger partial charge is 0.120 e. The van der Waals surface area contributed by atoms with E-state index in [0.717, 1.165) is 11.3 Å². The van der Waals surface area contributed by atoms with E-state index in [2.05, 4.69) is 0 Å². The van der Waals surface area contributed by atoms with Crippen molar-refractivity contribution < 1.29 is 4.74 Å². The summed E-state index contributed by atoms with van der Waals surface area (Å²) in [4.78, 5) is 0. The Morgan fingerprint density at radius 3 is 2.67 bits per heavy atom. The summed E-state index contributed by atoms with van der Waals surface area (Å²) in [7, 11) is 1.64. The largest absolute Gasteiger partial charge is 0.497 e. The molecule has 1 aromatic rings. The van der Waals surface area contributed by atoms with E-state index in [4.69, 9.17) is 22.1 Å². The van der Waals surface area contributed by atoms with Crippen LogP contribution < -0.4 is 10.5 Å². The van der Waals surface area contributed by atoms with Crippen LogP contribution in [0.3, 0.4) is 0 Å². The number of halogens is 1. The zero-order chi connectivity index (χ0) is 10.8. The molecule has 2 N–H and O–H groups in total. The third-order valence-electron chi connectivity index (χ3n) is 3.22. The predicted octanol–water partition coefficient (Wildman–Crippen LogP) is 3.15. The van der Waals surface area contributed by atoms with Crippen molar-refractivity contribution in [3.05, 3.63) is 28.8 Å². The first-order valence-electron chi connectivity index (χ1n) is 5.31. The van der Waals surface area contributed by atoms with Gasteiger partial charge >= 0.3 is 0 Å². The number of nitrogens with two attached hydrogens (primary N) is 1. The molecule has 0 amide bonds. The van der Waals surface area contributed by atoms with E-state index in [-0.39, 0.29) is 6.04 Å². The van der Waals surface area contributed by atoms with Crippen molar-refractivity contribution in [2.75, 3.05) is 7.11 Å². The molecule has 0 aliphatic heterocycles. The Morgan fingerprint density at radius 1 is 1.47 bits per heavy atom. The lowest BCUT2D eigenvalue weighted by molar-refractivity contribution is 0.264. The lowest BCUT2D eigenvalue weighted by Crippen LogP contribution is -2.27. The molecule has 0 spiro atoms. The Labute approximate surface area is 95.4 Å². The summed E-state index contributed by atoms with van der Waals surface area (Å²) < 4.78 is 5.11. The minimum Gasteiger partial charge on any atom is -0.497 e. The van der Waals surface area contributed by atoms with Gasteiger partial charge in [0.15, 0.2) is 0 Å². The highest BCUT2D eigenvalue weighted by atomic mass is 35.5. The average molecular weight is 226 g/mol. The molecule has 1 fully saturated rings. The van der Waals surface area contributed by atoms with Gasteiger partial charge in [-0.3, -0.25) is 0 Å². The molecule has 0 saturated heterocycles. The molecular formula is C12H16ClNO. The summed E-state index contributed by atoms with van der Waals surface area (Å²) in [5, 5.41) is 0.716. The fraction of sp³-hybridized carbons (Fsp3) is 0.500. The second-order valence-electron chi connectivity index (χ2n) is 4.10. The molecule has 0 bridgehead atoms. The maximum atomic E-state index is 6.17. The van der Waals surface area contributed by atoms with Crippen LogP contribution in [0.15, 0.2) is 18.2 Å². The lowest BCUT2D eigenvalue weighted by Gasteiger charge is -2.31. The minimum absolute atomic E-state index is 0.0807. The minimum atomic E-state index is 0.0807. The van der Waals surface area contributed by atoms with Crippen molar-refractivity contribution >= 4 is 11.6 Å². The van der Waals surface area contributed by atoms with Crippen LogP contribution in [0.2, 0.25) is 5.02 Å². The molecule has 1 saturated carbocycles. The molecule has 15 heavy (non-hydrogen) atoms. The van der Waals surface area contributed by atoms with Gasteiger partial charge in [-0.15, -0.1) is 0 Å². The van der Waals surface area contributed by atoms with E-state index in [1.165, 1.54) is 19.3 Å². The summed E-state index contributed by atoms with van der Waals surface area (Å²) in [6.45, 7) is 0. The normalized spacial score (nSPS) is 18.3. The summed E-state index contributed by atoms with van der Waals surface area (Å²) in [5.41, 5.74) is 7.21. The highest BCUT2D eigenvalue weighted by Gasteiger charge is 2.26. The van der Waals surface area contributed by atoms with Crippen molar-refractivity contribution in [2.45, 2.75) is 25.3 Å². The number of benzene rings is 1. The first-order chi connectivity index (χ1) is 7.22. The Bertz CT molecular complexity index is 349. The molecular weight excluding hydrogens is 210 g/mol. The maximum Gasteiger partial charge on any atom is 0.120 e. The van der Waals surface area contributed by atoms with E-state index in [0.29, 0.717) is 10.9 Å². The Morgan fingerprint density at radius 2 is 2.20 bits per heavy atom. The van der Waals surface area contributed by atoms with Crippen molar-refractivity contribution in [1.29, 1.82) is 0 Å². The topological polar surface area (TPSA) is 35.2 Å². The molecule has 1 unspecified atom stereocenters. The van der Waals surface area contributed by atoms with E-state index < -0.39 is 0 Å². The van der Waals surface area contributed by atoms with Crippen molar-refractivity contribution in [1.82, 2.24) is 0 Å². The molecule has 1 aromatic carbocycles. The summed E-state index contributed by atoms with van der Waals surface area (Å²) in [6.07, 6.45) is 3.75. The van der Waals surface area contributed by atoms with Gasteiger partial charge in [-0.2, -0.15) is 0 Å². The van der Waals surface area contributed by atoms with Gasteiger partial charge in [-0.1, -0.05) is 24.1 Å². The van der Waals surface area contributed by atoms with Crippen LogP contribution in [0.25, 0.3) is 0 Å². The van der Waals surface area contributed by atoms with Crippen LogP contribution in [0.1, 0.15) is 30.9 Å². The monoisotopic (exact) mass is 225 g/mol. The van der Waals surface area contributed by atoms with Crippen LogP contribution in [0, 0.1) is 5.92 Å². The van der Waals surface area contributed by atoms with E-state index >= 15 is 0 Å². The number of ether oxygens (including phenoxy) is 1. The average Bonchev–Trinajstić information content (AvgIpc) is 2.14. The van der Waals surface area contributed by atoms with Crippen molar-refractivity contribution in [3.8, 4) is 5.75 Å². The van der Waals surface area contributed by atoms with Gasteiger partial charge in [0.25, 0.3) is 0 Å². The molecule has 82 valence electrons. The Kier molecular flexibility index (Phi) is 3.17. The first kappa shape index (κ1) is 10.8. The fourth-order valence-electron chi connectivity index (χ4n) is 1.96. The Hall–Kier alpha value is -0.730. The van der Waals surface area contributed by atoms with Crippen LogP contribution in [0.4, 0.5) is 0 Å². The third-order valence-corrected chi connectivity index (χ3v) is 3.55. The lowest BCUT2D eigenvalue weighted by atomic mass is 9.77. The zero-order valence-electron chi connectivity index (χ0n) is 8.87. The second kappa shape index (κ2) is 4.42. The second-order valence-corrected chi connectivity index (χ2v) is 4.51. The SMILES string of the molecule is COc1ccc(C(N)C2CCC2)c(Cl)c1. The van der Waals surface area contributed by atoms with Crippen LogP contribution in [-0.2, 0) is 0 Å². The Balaban J connectivity index is 2.19. The van der Waals surface area contributed by atoms with E-state index in [1.807, 2.05) is 18.2 Å². The zero-order valence-corrected chi connectivity index (χ0v) is 9.63. The molecule has 1 atom stereocenters. The van der Waals surface area contributed by atoms with Gasteiger partial charge < -0.3 is 10.5 Å². The quantitative estimate of drug-likeness (QED) is 0.858. The van der Waals surface area contributed by atoms with Crippen LogP contribution in [0.5, 0.6) is 5.75 Å². The van der Waals surface area contributed by atoms with Crippen LogP contribution in [-0.4, -0.2) is 7.11 Å². The molecule has 2 nitrogen and oxygen atoms in total.